The standard InChI is InChI=1S/C20H20N2O5S2/c1-2-27-20(24)18-14-7-8-29(25,26)11-16(14)28-19(18)22-17(23)9-12-10-21-15-6-4-3-5-13(12)15/h3-6,10,21H,2,7-9,11H2,1H3,(H,22,23). The lowest BCUT2D eigenvalue weighted by molar-refractivity contribution is -0.115. The van der Waals surface area contributed by atoms with Gasteiger partial charge in [-0.05, 0) is 30.5 Å². The number of thiophene rings is 1. The van der Waals surface area contributed by atoms with Crippen LogP contribution in [-0.2, 0) is 38.0 Å². The molecule has 0 fully saturated rings. The van der Waals surface area contributed by atoms with E-state index in [4.69, 9.17) is 4.74 Å². The normalized spacial score (nSPS) is 15.1. The summed E-state index contributed by atoms with van der Waals surface area (Å²) in [6, 6.07) is 7.69. The van der Waals surface area contributed by atoms with Gasteiger partial charge >= 0.3 is 5.97 Å². The zero-order chi connectivity index (χ0) is 20.6. The molecule has 0 spiro atoms. The van der Waals surface area contributed by atoms with Gasteiger partial charge in [0.1, 0.15) is 5.00 Å². The number of para-hydroxylation sites is 1. The van der Waals surface area contributed by atoms with Gasteiger partial charge in [-0.25, -0.2) is 13.2 Å². The molecule has 0 saturated carbocycles. The summed E-state index contributed by atoms with van der Waals surface area (Å²) < 4.78 is 29.1. The fraction of sp³-hybridized carbons (Fsp3) is 0.300. The smallest absolute Gasteiger partial charge is 0.341 e. The maximum atomic E-state index is 12.7. The van der Waals surface area contributed by atoms with Crippen molar-refractivity contribution >= 4 is 49.0 Å². The molecular weight excluding hydrogens is 412 g/mol. The van der Waals surface area contributed by atoms with Gasteiger partial charge in [-0.3, -0.25) is 4.79 Å². The molecule has 2 aromatic heterocycles. The third-order valence-corrected chi connectivity index (χ3v) is 7.75. The lowest BCUT2D eigenvalue weighted by Gasteiger charge is -2.13. The topological polar surface area (TPSA) is 105 Å². The van der Waals surface area contributed by atoms with E-state index in [1.807, 2.05) is 24.3 Å². The zero-order valence-electron chi connectivity index (χ0n) is 15.8. The minimum Gasteiger partial charge on any atom is -0.462 e. The van der Waals surface area contributed by atoms with E-state index < -0.39 is 15.8 Å². The third kappa shape index (κ3) is 3.92. The average Bonchev–Trinajstić information content (AvgIpc) is 3.22. The summed E-state index contributed by atoms with van der Waals surface area (Å²) in [5.74, 6) is -0.933. The Hall–Kier alpha value is -2.65. The number of fused-ring (bicyclic) bond motifs is 2. The van der Waals surface area contributed by atoms with Gasteiger partial charge in [-0.1, -0.05) is 18.2 Å². The first-order valence-electron chi connectivity index (χ1n) is 9.25. The van der Waals surface area contributed by atoms with E-state index in [9.17, 15) is 18.0 Å². The number of sulfone groups is 1. The number of hydrogen-bond acceptors (Lipinski definition) is 6. The summed E-state index contributed by atoms with van der Waals surface area (Å²) in [6.45, 7) is 1.90. The van der Waals surface area contributed by atoms with Crippen LogP contribution in [0, 0.1) is 0 Å². The molecule has 1 aliphatic rings. The lowest BCUT2D eigenvalue weighted by atomic mass is 10.1. The van der Waals surface area contributed by atoms with Gasteiger partial charge in [0.05, 0.1) is 30.1 Å². The molecule has 0 atom stereocenters. The SMILES string of the molecule is CCOC(=O)c1c(NC(=O)Cc2c[nH]c3ccccc23)sc2c1CCS(=O)(=O)C2. The van der Waals surface area contributed by atoms with Crippen molar-refractivity contribution in [2.45, 2.75) is 25.5 Å². The number of nitrogens with one attached hydrogen (secondary N) is 2. The minimum atomic E-state index is -3.19. The van der Waals surface area contributed by atoms with Gasteiger partial charge < -0.3 is 15.0 Å². The fourth-order valence-corrected chi connectivity index (χ4v) is 6.61. The van der Waals surface area contributed by atoms with E-state index >= 15 is 0 Å². The second-order valence-electron chi connectivity index (χ2n) is 6.85. The molecule has 1 amide bonds. The number of aromatic amines is 1. The van der Waals surface area contributed by atoms with Gasteiger partial charge in [0.25, 0.3) is 0 Å². The van der Waals surface area contributed by atoms with E-state index in [0.717, 1.165) is 27.8 Å². The highest BCUT2D eigenvalue weighted by molar-refractivity contribution is 7.90. The van der Waals surface area contributed by atoms with Crippen LogP contribution in [0.2, 0.25) is 0 Å². The molecule has 7 nitrogen and oxygen atoms in total. The fourth-order valence-electron chi connectivity index (χ4n) is 3.55. The van der Waals surface area contributed by atoms with Gasteiger partial charge in [-0.2, -0.15) is 0 Å². The summed E-state index contributed by atoms with van der Waals surface area (Å²) in [6.07, 6.45) is 2.18. The molecule has 1 aliphatic heterocycles. The monoisotopic (exact) mass is 432 g/mol. The number of esters is 1. The largest absolute Gasteiger partial charge is 0.462 e. The minimum absolute atomic E-state index is 0.00807. The van der Waals surface area contributed by atoms with Crippen LogP contribution < -0.4 is 5.32 Å². The first-order chi connectivity index (χ1) is 13.9. The Kier molecular flexibility index (Phi) is 5.18. The first-order valence-corrected chi connectivity index (χ1v) is 11.9. The van der Waals surface area contributed by atoms with Crippen LogP contribution in [0.1, 0.15) is 33.3 Å². The number of aromatic nitrogens is 1. The van der Waals surface area contributed by atoms with Crippen molar-refractivity contribution in [3.8, 4) is 0 Å². The van der Waals surface area contributed by atoms with Crippen molar-refractivity contribution in [2.75, 3.05) is 17.7 Å². The molecule has 4 rings (SSSR count). The molecule has 0 aliphatic carbocycles. The van der Waals surface area contributed by atoms with Crippen LogP contribution in [-0.4, -0.2) is 37.6 Å². The summed E-state index contributed by atoms with van der Waals surface area (Å²) in [5.41, 5.74) is 2.75. The summed E-state index contributed by atoms with van der Waals surface area (Å²) in [7, 11) is -3.19. The second kappa shape index (κ2) is 7.64. The molecule has 0 radical (unpaired) electrons. The molecule has 9 heteroatoms. The molecule has 152 valence electrons. The number of carbonyl (C=O) groups is 2. The van der Waals surface area contributed by atoms with Crippen molar-refractivity contribution in [1.29, 1.82) is 0 Å². The van der Waals surface area contributed by atoms with E-state index in [-0.39, 0.29) is 42.4 Å². The number of anilines is 1. The number of rotatable bonds is 5. The van der Waals surface area contributed by atoms with Crippen LogP contribution in [0.4, 0.5) is 5.00 Å². The van der Waals surface area contributed by atoms with Crippen LogP contribution in [0.25, 0.3) is 10.9 Å². The van der Waals surface area contributed by atoms with E-state index in [1.54, 1.807) is 13.1 Å². The van der Waals surface area contributed by atoms with Crippen molar-refractivity contribution in [2.24, 2.45) is 0 Å². The number of amides is 1. The Morgan fingerprint density at radius 1 is 1.28 bits per heavy atom. The van der Waals surface area contributed by atoms with Gasteiger partial charge in [0.2, 0.25) is 5.91 Å². The molecule has 0 unspecified atom stereocenters. The quantitative estimate of drug-likeness (QED) is 0.603. The van der Waals surface area contributed by atoms with Crippen LogP contribution in [0.15, 0.2) is 30.5 Å². The Morgan fingerprint density at radius 3 is 2.86 bits per heavy atom. The van der Waals surface area contributed by atoms with Crippen LogP contribution in [0.5, 0.6) is 0 Å². The molecule has 29 heavy (non-hydrogen) atoms. The van der Waals surface area contributed by atoms with Gasteiger partial charge in [0.15, 0.2) is 9.84 Å². The van der Waals surface area contributed by atoms with Crippen molar-refractivity contribution in [3.63, 3.8) is 0 Å². The Balaban J connectivity index is 1.63. The molecule has 3 aromatic rings. The highest BCUT2D eigenvalue weighted by Gasteiger charge is 2.32. The first kappa shape index (κ1) is 19.7. The maximum Gasteiger partial charge on any atom is 0.341 e. The van der Waals surface area contributed by atoms with E-state index in [2.05, 4.69) is 10.3 Å². The number of hydrogen-bond donors (Lipinski definition) is 2. The Labute approximate surface area is 172 Å². The summed E-state index contributed by atoms with van der Waals surface area (Å²) >= 11 is 1.14. The predicted octanol–water partition coefficient (Wildman–Crippen LogP) is 3.06. The molecular formula is C20H20N2O5S2. The zero-order valence-corrected chi connectivity index (χ0v) is 17.4. The van der Waals surface area contributed by atoms with E-state index in [1.165, 1.54) is 0 Å². The third-order valence-electron chi connectivity index (χ3n) is 4.86. The molecule has 3 heterocycles. The molecule has 0 saturated heterocycles. The molecule has 1 aromatic carbocycles. The van der Waals surface area contributed by atoms with E-state index in [0.29, 0.717) is 15.4 Å². The Morgan fingerprint density at radius 2 is 2.07 bits per heavy atom. The van der Waals surface area contributed by atoms with Crippen molar-refractivity contribution in [1.82, 2.24) is 4.98 Å². The highest BCUT2D eigenvalue weighted by Crippen LogP contribution is 2.38. The summed E-state index contributed by atoms with van der Waals surface area (Å²) in [4.78, 5) is 29.0. The van der Waals surface area contributed by atoms with Crippen molar-refractivity contribution < 1.29 is 22.7 Å². The average molecular weight is 433 g/mol. The lowest BCUT2D eigenvalue weighted by Crippen LogP contribution is -2.20. The molecule has 2 N–H and O–H groups in total. The van der Waals surface area contributed by atoms with Gasteiger partial charge in [-0.15, -0.1) is 11.3 Å². The number of ether oxygens (including phenoxy) is 1. The van der Waals surface area contributed by atoms with Crippen LogP contribution in [0.3, 0.4) is 0 Å². The predicted molar refractivity (Wildman–Crippen MR) is 112 cm³/mol. The second-order valence-corrected chi connectivity index (χ2v) is 10.1. The Bertz CT molecular complexity index is 1210. The number of benzene rings is 1. The van der Waals surface area contributed by atoms with Gasteiger partial charge in [0, 0.05) is 22.0 Å². The molecule has 0 bridgehead atoms. The highest BCUT2D eigenvalue weighted by atomic mass is 32.2. The van der Waals surface area contributed by atoms with Crippen LogP contribution >= 0.6 is 11.3 Å². The maximum absolute atomic E-state index is 12.7. The number of H-pyrrole nitrogens is 1. The number of carbonyl (C=O) groups excluding carboxylic acids is 2. The summed E-state index contributed by atoms with van der Waals surface area (Å²) in [5, 5.41) is 4.13. The van der Waals surface area contributed by atoms with Crippen molar-refractivity contribution in [3.05, 3.63) is 52.0 Å².